The summed E-state index contributed by atoms with van der Waals surface area (Å²) in [5.74, 6) is 0. The number of aldehydes is 1. The lowest BCUT2D eigenvalue weighted by molar-refractivity contribution is 0.112. The van der Waals surface area contributed by atoms with Crippen LogP contribution in [-0.2, 0) is 0 Å². The molecule has 0 radical (unpaired) electrons. The third kappa shape index (κ3) is 2.26. The summed E-state index contributed by atoms with van der Waals surface area (Å²) in [5.41, 5.74) is 4.90. The van der Waals surface area contributed by atoms with E-state index in [0.717, 1.165) is 28.7 Å². The van der Waals surface area contributed by atoms with E-state index in [9.17, 15) is 4.79 Å². The molecule has 0 bridgehead atoms. The topological polar surface area (TPSA) is 34.9 Å². The van der Waals surface area contributed by atoms with E-state index in [1.165, 1.54) is 0 Å². The van der Waals surface area contributed by atoms with Gasteiger partial charge in [0, 0.05) is 17.3 Å². The lowest BCUT2D eigenvalue weighted by Gasteiger charge is -2.06. The Morgan fingerprint density at radius 2 is 1.85 bits per heavy atom. The second-order valence-corrected chi connectivity index (χ2v) is 4.70. The first-order valence-electron chi connectivity index (χ1n) is 6.44. The highest BCUT2D eigenvalue weighted by atomic mass is 16.1. The third-order valence-electron chi connectivity index (χ3n) is 3.29. The van der Waals surface area contributed by atoms with Gasteiger partial charge in [0.25, 0.3) is 0 Å². The Morgan fingerprint density at radius 1 is 1.05 bits per heavy atom. The molecule has 3 nitrogen and oxygen atoms in total. The van der Waals surface area contributed by atoms with Gasteiger partial charge < -0.3 is 0 Å². The number of nitrogens with zero attached hydrogens (tertiary/aromatic N) is 2. The summed E-state index contributed by atoms with van der Waals surface area (Å²) < 4.78 is 1.84. The number of hydrogen-bond donors (Lipinski definition) is 0. The van der Waals surface area contributed by atoms with Gasteiger partial charge >= 0.3 is 0 Å². The van der Waals surface area contributed by atoms with Crippen LogP contribution in [0.1, 0.15) is 15.9 Å². The van der Waals surface area contributed by atoms with E-state index in [-0.39, 0.29) is 0 Å². The van der Waals surface area contributed by atoms with Crippen LogP contribution in [0.2, 0.25) is 0 Å². The first-order valence-corrected chi connectivity index (χ1v) is 6.44. The summed E-state index contributed by atoms with van der Waals surface area (Å²) in [7, 11) is 0. The van der Waals surface area contributed by atoms with Crippen molar-refractivity contribution < 1.29 is 4.79 Å². The van der Waals surface area contributed by atoms with Gasteiger partial charge in [0.1, 0.15) is 6.29 Å². The summed E-state index contributed by atoms with van der Waals surface area (Å²) in [4.78, 5) is 10.8. The number of benzene rings is 2. The average Bonchev–Trinajstić information content (AvgIpc) is 2.97. The fourth-order valence-electron chi connectivity index (χ4n) is 2.24. The molecule has 0 spiro atoms. The predicted molar refractivity (Wildman–Crippen MR) is 79.1 cm³/mol. The molecule has 3 rings (SSSR count). The maximum absolute atomic E-state index is 10.8. The Labute approximate surface area is 117 Å². The Hall–Kier alpha value is -2.68. The minimum absolute atomic E-state index is 0.682. The molecule has 3 aromatic rings. The van der Waals surface area contributed by atoms with Crippen LogP contribution in [0.5, 0.6) is 0 Å². The van der Waals surface area contributed by atoms with Crippen LogP contribution < -0.4 is 0 Å². The van der Waals surface area contributed by atoms with Crippen LogP contribution >= 0.6 is 0 Å². The van der Waals surface area contributed by atoms with Gasteiger partial charge in [0.05, 0.1) is 11.9 Å². The standard InChI is InChI=1S/C17H14N2O/c1-13-9-14(12-20)7-8-17(13)19-11-16(10-18-19)15-5-3-2-4-6-15/h2-12H,1H3. The third-order valence-corrected chi connectivity index (χ3v) is 3.29. The minimum Gasteiger partial charge on any atom is -0.298 e. The molecule has 20 heavy (non-hydrogen) atoms. The molecule has 0 aliphatic rings. The molecule has 1 heterocycles. The first-order chi connectivity index (χ1) is 9.78. The van der Waals surface area contributed by atoms with Crippen molar-refractivity contribution in [3.63, 3.8) is 0 Å². The molecule has 2 aromatic carbocycles. The van der Waals surface area contributed by atoms with E-state index in [4.69, 9.17) is 0 Å². The van der Waals surface area contributed by atoms with Gasteiger partial charge in [-0.15, -0.1) is 0 Å². The normalized spacial score (nSPS) is 10.4. The average molecular weight is 262 g/mol. The van der Waals surface area contributed by atoms with Gasteiger partial charge in [0.15, 0.2) is 0 Å². The summed E-state index contributed by atoms with van der Waals surface area (Å²) in [6.45, 7) is 1.98. The number of carbonyl (C=O) groups excluding carboxylic acids is 1. The molecular formula is C17H14N2O. The Kier molecular flexibility index (Phi) is 3.17. The molecule has 0 N–H and O–H groups in total. The highest BCUT2D eigenvalue weighted by molar-refractivity contribution is 5.76. The molecule has 1 aromatic heterocycles. The van der Waals surface area contributed by atoms with Crippen molar-refractivity contribution in [2.45, 2.75) is 6.92 Å². The number of hydrogen-bond acceptors (Lipinski definition) is 2. The van der Waals surface area contributed by atoms with Crippen molar-refractivity contribution in [2.75, 3.05) is 0 Å². The van der Waals surface area contributed by atoms with Crippen LogP contribution in [0.3, 0.4) is 0 Å². The van der Waals surface area contributed by atoms with Gasteiger partial charge in [-0.25, -0.2) is 4.68 Å². The van der Waals surface area contributed by atoms with Gasteiger partial charge in [-0.1, -0.05) is 30.3 Å². The van der Waals surface area contributed by atoms with E-state index >= 15 is 0 Å². The number of rotatable bonds is 3. The Balaban J connectivity index is 2.00. The maximum Gasteiger partial charge on any atom is 0.150 e. The van der Waals surface area contributed by atoms with Crippen LogP contribution in [0, 0.1) is 6.92 Å². The lowest BCUT2D eigenvalue weighted by atomic mass is 10.1. The molecule has 0 aliphatic heterocycles. The largest absolute Gasteiger partial charge is 0.298 e. The van der Waals surface area contributed by atoms with E-state index in [2.05, 4.69) is 17.2 Å². The fourth-order valence-corrected chi connectivity index (χ4v) is 2.24. The Morgan fingerprint density at radius 3 is 2.55 bits per heavy atom. The highest BCUT2D eigenvalue weighted by Crippen LogP contribution is 2.21. The molecule has 0 saturated heterocycles. The summed E-state index contributed by atoms with van der Waals surface area (Å²) in [5, 5.41) is 4.41. The summed E-state index contributed by atoms with van der Waals surface area (Å²) in [6.07, 6.45) is 4.70. The number of aryl methyl sites for hydroxylation is 1. The van der Waals surface area contributed by atoms with Gasteiger partial charge in [-0.2, -0.15) is 5.10 Å². The smallest absolute Gasteiger partial charge is 0.150 e. The molecule has 0 atom stereocenters. The summed E-state index contributed by atoms with van der Waals surface area (Å²) in [6, 6.07) is 15.7. The minimum atomic E-state index is 0.682. The van der Waals surface area contributed by atoms with E-state index in [1.807, 2.05) is 54.3 Å². The molecule has 0 saturated carbocycles. The molecule has 0 amide bonds. The molecule has 0 aliphatic carbocycles. The van der Waals surface area contributed by atoms with Crippen LogP contribution in [0.25, 0.3) is 16.8 Å². The lowest BCUT2D eigenvalue weighted by Crippen LogP contribution is -1.98. The second-order valence-electron chi connectivity index (χ2n) is 4.70. The first kappa shape index (κ1) is 12.4. The molecule has 0 unspecified atom stereocenters. The molecular weight excluding hydrogens is 248 g/mol. The SMILES string of the molecule is Cc1cc(C=O)ccc1-n1cc(-c2ccccc2)cn1. The molecule has 98 valence electrons. The van der Waals surface area contributed by atoms with Crippen molar-refractivity contribution in [3.05, 3.63) is 72.1 Å². The molecule has 3 heteroatoms. The van der Waals surface area contributed by atoms with Gasteiger partial charge in [-0.05, 0) is 36.2 Å². The van der Waals surface area contributed by atoms with Gasteiger partial charge in [0.2, 0.25) is 0 Å². The Bertz CT molecular complexity index is 745. The van der Waals surface area contributed by atoms with E-state index in [0.29, 0.717) is 5.56 Å². The van der Waals surface area contributed by atoms with Crippen molar-refractivity contribution in [1.82, 2.24) is 9.78 Å². The zero-order valence-corrected chi connectivity index (χ0v) is 11.2. The number of aromatic nitrogens is 2. The zero-order valence-electron chi connectivity index (χ0n) is 11.2. The van der Waals surface area contributed by atoms with Crippen LogP contribution in [0.4, 0.5) is 0 Å². The zero-order chi connectivity index (χ0) is 13.9. The van der Waals surface area contributed by atoms with Crippen LogP contribution in [-0.4, -0.2) is 16.1 Å². The van der Waals surface area contributed by atoms with Crippen molar-refractivity contribution in [1.29, 1.82) is 0 Å². The van der Waals surface area contributed by atoms with Crippen molar-refractivity contribution >= 4 is 6.29 Å². The maximum atomic E-state index is 10.8. The van der Waals surface area contributed by atoms with Crippen LogP contribution in [0.15, 0.2) is 60.9 Å². The van der Waals surface area contributed by atoms with E-state index in [1.54, 1.807) is 6.07 Å². The van der Waals surface area contributed by atoms with E-state index < -0.39 is 0 Å². The fraction of sp³-hybridized carbons (Fsp3) is 0.0588. The highest BCUT2D eigenvalue weighted by Gasteiger charge is 2.06. The molecule has 0 fully saturated rings. The second kappa shape index (κ2) is 5.13. The quantitative estimate of drug-likeness (QED) is 0.675. The number of carbonyl (C=O) groups is 1. The summed E-state index contributed by atoms with van der Waals surface area (Å²) >= 11 is 0. The predicted octanol–water partition coefficient (Wildman–Crippen LogP) is 3.66. The van der Waals surface area contributed by atoms with Gasteiger partial charge in [-0.3, -0.25) is 4.79 Å². The van der Waals surface area contributed by atoms with Crippen molar-refractivity contribution in [2.24, 2.45) is 0 Å². The van der Waals surface area contributed by atoms with Crippen molar-refractivity contribution in [3.8, 4) is 16.8 Å². The monoisotopic (exact) mass is 262 g/mol.